The lowest BCUT2D eigenvalue weighted by molar-refractivity contribution is -0.138. The lowest BCUT2D eigenvalue weighted by Crippen LogP contribution is -2.35. The number of rotatable bonds is 9. The topological polar surface area (TPSA) is 164 Å². The number of esters is 1. The molecular formula is C13H23NO9S2. The molecule has 0 heterocycles. The predicted octanol–water partition coefficient (Wildman–Crippen LogP) is -0.0515. The van der Waals surface area contributed by atoms with Gasteiger partial charge in [0.05, 0.1) is 0 Å². The van der Waals surface area contributed by atoms with Crippen LogP contribution in [-0.2, 0) is 34.6 Å². The zero-order chi connectivity index (χ0) is 20.3. The van der Waals surface area contributed by atoms with E-state index in [1.165, 1.54) is 6.92 Å². The Morgan fingerprint density at radius 1 is 1.24 bits per heavy atom. The first-order valence-electron chi connectivity index (χ1n) is 6.88. The second kappa shape index (κ2) is 11.7. The zero-order valence-electron chi connectivity index (χ0n) is 14.0. The molecule has 146 valence electrons. The van der Waals surface area contributed by atoms with Crippen molar-refractivity contribution in [2.24, 2.45) is 0 Å². The van der Waals surface area contributed by atoms with E-state index in [2.05, 4.69) is 23.2 Å². The number of carbonyl (C=O) groups excluding carboxylic acids is 2. The van der Waals surface area contributed by atoms with E-state index in [4.69, 9.17) is 9.11 Å². The van der Waals surface area contributed by atoms with Crippen LogP contribution in [0.25, 0.3) is 0 Å². The van der Waals surface area contributed by atoms with Crippen molar-refractivity contribution in [3.05, 3.63) is 24.8 Å². The van der Waals surface area contributed by atoms with Gasteiger partial charge in [-0.05, 0) is 19.4 Å². The average Bonchev–Trinajstić information content (AvgIpc) is 2.45. The highest BCUT2D eigenvalue weighted by molar-refractivity contribution is 7.86. The third-order valence-electron chi connectivity index (χ3n) is 2.49. The van der Waals surface area contributed by atoms with Crippen LogP contribution in [0.15, 0.2) is 24.8 Å². The van der Waals surface area contributed by atoms with Gasteiger partial charge in [0.1, 0.15) is 17.6 Å². The van der Waals surface area contributed by atoms with Crippen LogP contribution in [-0.4, -0.2) is 62.0 Å². The van der Waals surface area contributed by atoms with E-state index in [1.807, 2.05) is 0 Å². The van der Waals surface area contributed by atoms with Crippen molar-refractivity contribution in [2.75, 3.05) is 18.9 Å². The number of hydrogen-bond acceptors (Lipinski definition) is 7. The highest BCUT2D eigenvalue weighted by Gasteiger charge is 2.20. The summed E-state index contributed by atoms with van der Waals surface area (Å²) in [4.78, 5) is 21.3. The highest BCUT2D eigenvalue weighted by Crippen LogP contribution is 2.01. The van der Waals surface area contributed by atoms with E-state index >= 15 is 0 Å². The predicted molar refractivity (Wildman–Crippen MR) is 91.0 cm³/mol. The van der Waals surface area contributed by atoms with Gasteiger partial charge in [0.25, 0.3) is 20.2 Å². The Morgan fingerprint density at radius 3 is 2.08 bits per heavy atom. The van der Waals surface area contributed by atoms with E-state index in [0.717, 1.165) is 6.08 Å². The Labute approximate surface area is 147 Å². The molecule has 0 rings (SSSR count). The summed E-state index contributed by atoms with van der Waals surface area (Å²) < 4.78 is 62.8. The van der Waals surface area contributed by atoms with Crippen LogP contribution >= 0.6 is 0 Å². The van der Waals surface area contributed by atoms with Gasteiger partial charge >= 0.3 is 5.97 Å². The Morgan fingerprint density at radius 2 is 1.76 bits per heavy atom. The molecule has 10 nitrogen and oxygen atoms in total. The van der Waals surface area contributed by atoms with Gasteiger partial charge in [0.15, 0.2) is 0 Å². The molecule has 0 saturated carbocycles. The van der Waals surface area contributed by atoms with Crippen molar-refractivity contribution in [2.45, 2.75) is 25.5 Å². The largest absolute Gasteiger partial charge is 0.461 e. The molecular weight excluding hydrogens is 378 g/mol. The zero-order valence-corrected chi connectivity index (χ0v) is 15.6. The first-order valence-corrected chi connectivity index (χ1v) is 10.00. The van der Waals surface area contributed by atoms with E-state index in [1.54, 1.807) is 6.92 Å². The summed E-state index contributed by atoms with van der Waals surface area (Å²) in [6.45, 7) is 9.08. The van der Waals surface area contributed by atoms with Crippen LogP contribution in [0.1, 0.15) is 20.3 Å². The maximum Gasteiger partial charge on any atom is 0.333 e. The van der Waals surface area contributed by atoms with Crippen LogP contribution in [0.3, 0.4) is 0 Å². The first-order chi connectivity index (χ1) is 11.2. The number of carbonyl (C=O) groups is 2. The Hall–Kier alpha value is -1.76. The summed E-state index contributed by atoms with van der Waals surface area (Å²) in [5.74, 6) is -1.72. The van der Waals surface area contributed by atoms with Gasteiger partial charge in [-0.15, -0.1) is 0 Å². The molecule has 0 aromatic heterocycles. The maximum atomic E-state index is 10.7. The van der Waals surface area contributed by atoms with Crippen molar-refractivity contribution < 1.29 is 40.3 Å². The van der Waals surface area contributed by atoms with Gasteiger partial charge in [0, 0.05) is 12.1 Å². The minimum Gasteiger partial charge on any atom is -0.461 e. The highest BCUT2D eigenvalue weighted by atomic mass is 32.2. The lowest BCUT2D eigenvalue weighted by Gasteiger charge is -2.10. The van der Waals surface area contributed by atoms with Crippen molar-refractivity contribution in [1.29, 1.82) is 0 Å². The SMILES string of the molecule is C=C(C)C(=O)OCCS(=O)(=O)O.C=CC(=O)NCC(CC)S(=O)(=O)O. The third-order valence-corrected chi connectivity index (χ3v) is 4.51. The van der Waals surface area contributed by atoms with Gasteiger partial charge in [-0.3, -0.25) is 13.9 Å². The van der Waals surface area contributed by atoms with Crippen molar-refractivity contribution in [1.82, 2.24) is 5.32 Å². The minimum absolute atomic E-state index is 0.0970. The molecule has 0 aliphatic carbocycles. The molecule has 0 radical (unpaired) electrons. The van der Waals surface area contributed by atoms with E-state index in [-0.39, 0.29) is 25.1 Å². The van der Waals surface area contributed by atoms with Crippen molar-refractivity contribution in [3.8, 4) is 0 Å². The molecule has 25 heavy (non-hydrogen) atoms. The molecule has 3 N–H and O–H groups in total. The summed E-state index contributed by atoms with van der Waals surface area (Å²) in [5, 5.41) is 1.35. The average molecular weight is 401 g/mol. The van der Waals surface area contributed by atoms with Gasteiger partial charge < -0.3 is 10.1 Å². The van der Waals surface area contributed by atoms with Gasteiger partial charge in [-0.25, -0.2) is 4.79 Å². The van der Waals surface area contributed by atoms with Crippen molar-refractivity contribution >= 4 is 32.1 Å². The van der Waals surface area contributed by atoms with Crippen molar-refractivity contribution in [3.63, 3.8) is 0 Å². The Kier molecular flexibility index (Phi) is 12.0. The molecule has 0 saturated heterocycles. The number of ether oxygens (including phenoxy) is 1. The molecule has 0 aromatic carbocycles. The second-order valence-corrected chi connectivity index (χ2v) is 7.97. The fraction of sp³-hybridized carbons (Fsp3) is 0.538. The molecule has 1 atom stereocenters. The second-order valence-electron chi connectivity index (χ2n) is 4.70. The van der Waals surface area contributed by atoms with E-state index < -0.39 is 43.1 Å². The van der Waals surface area contributed by atoms with Crippen LogP contribution in [0.4, 0.5) is 0 Å². The molecule has 0 aromatic rings. The molecule has 1 unspecified atom stereocenters. The van der Waals surface area contributed by atoms with E-state index in [9.17, 15) is 26.4 Å². The normalized spacial score (nSPS) is 12.2. The Balaban J connectivity index is 0. The summed E-state index contributed by atoms with van der Waals surface area (Å²) in [6.07, 6.45) is 1.28. The minimum atomic E-state index is -4.07. The van der Waals surface area contributed by atoms with Crippen LogP contribution < -0.4 is 5.32 Å². The number of amides is 1. The molecule has 0 fully saturated rings. The van der Waals surface area contributed by atoms with Gasteiger partial charge in [0.2, 0.25) is 5.91 Å². The summed E-state index contributed by atoms with van der Waals surface area (Å²) >= 11 is 0. The molecule has 12 heteroatoms. The molecule has 0 aliphatic heterocycles. The van der Waals surface area contributed by atoms with Crippen LogP contribution in [0, 0.1) is 0 Å². The molecule has 0 bridgehead atoms. The van der Waals surface area contributed by atoms with Crippen LogP contribution in [0.2, 0.25) is 0 Å². The number of hydrogen-bond donors (Lipinski definition) is 3. The number of nitrogens with one attached hydrogen (secondary N) is 1. The van der Waals surface area contributed by atoms with Gasteiger partial charge in [-0.1, -0.05) is 20.1 Å². The van der Waals surface area contributed by atoms with Crippen LogP contribution in [0.5, 0.6) is 0 Å². The summed E-state index contributed by atoms with van der Waals surface area (Å²) in [7, 11) is -8.12. The smallest absolute Gasteiger partial charge is 0.333 e. The monoisotopic (exact) mass is 401 g/mol. The Bertz CT molecular complexity index is 680. The lowest BCUT2D eigenvalue weighted by atomic mass is 10.3. The fourth-order valence-electron chi connectivity index (χ4n) is 1.11. The molecule has 0 spiro atoms. The third kappa shape index (κ3) is 15.5. The summed E-state index contributed by atoms with van der Waals surface area (Å²) in [5.41, 5.74) is 0.185. The maximum absolute atomic E-state index is 10.7. The van der Waals surface area contributed by atoms with Gasteiger partial charge in [-0.2, -0.15) is 16.8 Å². The standard InChI is InChI=1S/C7H13NO4S.C6H10O5S/c1-3-6(13(10,11)12)5-8-7(9)4-2;1-5(2)6(7)11-3-4-12(8,9)10/h4,6H,2-3,5H2,1H3,(H,8,9)(H,10,11,12);1,3-4H2,2H3,(H,8,9,10). The first kappa shape index (κ1) is 25.5. The summed E-state index contributed by atoms with van der Waals surface area (Å²) in [6, 6.07) is 0. The molecule has 0 aliphatic rings. The quantitative estimate of drug-likeness (QED) is 0.273. The van der Waals surface area contributed by atoms with E-state index in [0.29, 0.717) is 0 Å². The molecule has 1 amide bonds. The fourth-order valence-corrected chi connectivity index (χ4v) is 2.12.